The van der Waals surface area contributed by atoms with Crippen LogP contribution in [-0.2, 0) is 4.79 Å². The molecule has 3 atom stereocenters. The van der Waals surface area contributed by atoms with Crippen molar-refractivity contribution in [3.8, 4) is 0 Å². The molecule has 2 rings (SSSR count). The molecule has 0 aromatic heterocycles. The molecule has 0 aromatic rings. The highest BCUT2D eigenvalue weighted by Gasteiger charge is 2.56. The fourth-order valence-electron chi connectivity index (χ4n) is 3.00. The Morgan fingerprint density at radius 3 is 2.67 bits per heavy atom. The van der Waals surface area contributed by atoms with Gasteiger partial charge in [0.25, 0.3) is 0 Å². The van der Waals surface area contributed by atoms with E-state index >= 15 is 0 Å². The Kier molecular flexibility index (Phi) is 3.29. The van der Waals surface area contributed by atoms with Gasteiger partial charge in [-0.1, -0.05) is 13.3 Å². The topological polar surface area (TPSA) is 41.1 Å². The van der Waals surface area contributed by atoms with Gasteiger partial charge in [0.1, 0.15) is 0 Å². The fraction of sp³-hybridized carbons (Fsp3) is 0.917. The van der Waals surface area contributed by atoms with Gasteiger partial charge in [0.2, 0.25) is 5.91 Å². The molecule has 2 aliphatic rings. The second-order valence-electron chi connectivity index (χ2n) is 4.99. The lowest BCUT2D eigenvalue weighted by molar-refractivity contribution is -0.123. The Bertz CT molecular complexity index is 232. The fourth-order valence-corrected chi connectivity index (χ4v) is 3.00. The van der Waals surface area contributed by atoms with Crippen LogP contribution in [0.4, 0.5) is 0 Å². The summed E-state index contributed by atoms with van der Waals surface area (Å²) in [6.07, 6.45) is 3.91. The van der Waals surface area contributed by atoms with Crippen molar-refractivity contribution >= 4 is 5.91 Å². The monoisotopic (exact) mass is 210 g/mol. The Morgan fingerprint density at radius 2 is 2.07 bits per heavy atom. The van der Waals surface area contributed by atoms with Gasteiger partial charge in [0.15, 0.2) is 0 Å². The summed E-state index contributed by atoms with van der Waals surface area (Å²) in [5.74, 6) is 2.14. The van der Waals surface area contributed by atoms with Crippen molar-refractivity contribution in [3.63, 3.8) is 0 Å². The third kappa shape index (κ3) is 2.33. The summed E-state index contributed by atoms with van der Waals surface area (Å²) in [6, 6.07) is 0.387. The molecule has 0 heterocycles. The lowest BCUT2D eigenvalue weighted by atomic mass is 10.1. The molecule has 2 saturated carbocycles. The molecule has 86 valence electrons. The first-order valence-corrected chi connectivity index (χ1v) is 6.25. The standard InChI is InChI=1S/C12H22N2O/c1-3-13-8(2)7-14-12(15)11-9-5-4-6-10(9)11/h8-11,13H,3-7H2,1-2H3,(H,14,15)/t8-,9?,10?,11?/m1/s1. The minimum Gasteiger partial charge on any atom is -0.354 e. The first kappa shape index (κ1) is 10.9. The van der Waals surface area contributed by atoms with Gasteiger partial charge in [0, 0.05) is 18.5 Å². The molecule has 2 unspecified atom stereocenters. The largest absolute Gasteiger partial charge is 0.354 e. The molecule has 2 aliphatic carbocycles. The number of likely N-dealkylation sites (N-methyl/N-ethyl adjacent to an activating group) is 1. The second-order valence-corrected chi connectivity index (χ2v) is 4.99. The predicted octanol–water partition coefficient (Wildman–Crippen LogP) is 1.15. The number of fused-ring (bicyclic) bond motifs is 1. The van der Waals surface area contributed by atoms with Crippen LogP contribution in [0.25, 0.3) is 0 Å². The van der Waals surface area contributed by atoms with Crippen molar-refractivity contribution < 1.29 is 4.79 Å². The van der Waals surface area contributed by atoms with Crippen molar-refractivity contribution in [1.29, 1.82) is 0 Å². The van der Waals surface area contributed by atoms with Crippen LogP contribution >= 0.6 is 0 Å². The summed E-state index contributed by atoms with van der Waals surface area (Å²) in [5.41, 5.74) is 0. The molecule has 0 saturated heterocycles. The van der Waals surface area contributed by atoms with Gasteiger partial charge in [-0.25, -0.2) is 0 Å². The molecule has 0 spiro atoms. The van der Waals surface area contributed by atoms with Gasteiger partial charge < -0.3 is 10.6 Å². The maximum Gasteiger partial charge on any atom is 0.223 e. The van der Waals surface area contributed by atoms with Gasteiger partial charge in [-0.2, -0.15) is 0 Å². The van der Waals surface area contributed by atoms with Gasteiger partial charge in [0.05, 0.1) is 0 Å². The van der Waals surface area contributed by atoms with Crippen molar-refractivity contribution in [2.45, 2.75) is 39.2 Å². The van der Waals surface area contributed by atoms with Crippen LogP contribution in [0, 0.1) is 17.8 Å². The van der Waals surface area contributed by atoms with E-state index in [-0.39, 0.29) is 0 Å². The Labute approximate surface area is 92.0 Å². The van der Waals surface area contributed by atoms with E-state index in [2.05, 4.69) is 24.5 Å². The molecular weight excluding hydrogens is 188 g/mol. The zero-order chi connectivity index (χ0) is 10.8. The van der Waals surface area contributed by atoms with Crippen LogP contribution in [0.5, 0.6) is 0 Å². The summed E-state index contributed by atoms with van der Waals surface area (Å²) < 4.78 is 0. The molecule has 3 nitrogen and oxygen atoms in total. The van der Waals surface area contributed by atoms with E-state index in [4.69, 9.17) is 0 Å². The van der Waals surface area contributed by atoms with Crippen molar-refractivity contribution in [1.82, 2.24) is 10.6 Å². The van der Waals surface area contributed by atoms with E-state index in [1.807, 2.05) is 0 Å². The number of hydrogen-bond donors (Lipinski definition) is 2. The first-order chi connectivity index (χ1) is 7.24. The highest BCUT2D eigenvalue weighted by atomic mass is 16.2. The zero-order valence-electron chi connectivity index (χ0n) is 9.75. The lowest BCUT2D eigenvalue weighted by Crippen LogP contribution is -2.39. The van der Waals surface area contributed by atoms with E-state index in [1.54, 1.807) is 0 Å². The number of rotatable bonds is 5. The van der Waals surface area contributed by atoms with Gasteiger partial charge in [-0.05, 0) is 38.1 Å². The number of nitrogens with one attached hydrogen (secondary N) is 2. The maximum absolute atomic E-state index is 11.8. The third-order valence-electron chi connectivity index (χ3n) is 3.84. The summed E-state index contributed by atoms with van der Waals surface area (Å²) >= 11 is 0. The van der Waals surface area contributed by atoms with E-state index in [0.29, 0.717) is 17.9 Å². The van der Waals surface area contributed by atoms with Gasteiger partial charge in [-0.15, -0.1) is 0 Å². The summed E-state index contributed by atoms with van der Waals surface area (Å²) in [5, 5.41) is 6.35. The first-order valence-electron chi connectivity index (χ1n) is 6.25. The normalized spacial score (nSPS) is 34.7. The molecule has 2 fully saturated rings. The minimum absolute atomic E-state index is 0.300. The predicted molar refractivity (Wildman–Crippen MR) is 60.5 cm³/mol. The molecule has 3 heteroatoms. The highest BCUT2D eigenvalue weighted by Crippen LogP contribution is 2.57. The van der Waals surface area contributed by atoms with Crippen LogP contribution in [0.3, 0.4) is 0 Å². The molecule has 0 bridgehead atoms. The quantitative estimate of drug-likeness (QED) is 0.714. The summed E-state index contributed by atoms with van der Waals surface area (Å²) in [4.78, 5) is 11.8. The Morgan fingerprint density at radius 1 is 1.40 bits per heavy atom. The Hall–Kier alpha value is -0.570. The average molecular weight is 210 g/mol. The van der Waals surface area contributed by atoms with Crippen LogP contribution < -0.4 is 10.6 Å². The number of hydrogen-bond acceptors (Lipinski definition) is 2. The zero-order valence-corrected chi connectivity index (χ0v) is 9.75. The van der Waals surface area contributed by atoms with Crippen LogP contribution in [0.15, 0.2) is 0 Å². The molecule has 2 N–H and O–H groups in total. The van der Waals surface area contributed by atoms with E-state index in [0.717, 1.165) is 24.9 Å². The number of amides is 1. The smallest absolute Gasteiger partial charge is 0.223 e. The molecule has 0 aromatic carbocycles. The molecule has 0 radical (unpaired) electrons. The summed E-state index contributed by atoms with van der Waals surface area (Å²) in [7, 11) is 0. The van der Waals surface area contributed by atoms with Crippen molar-refractivity contribution in [2.75, 3.05) is 13.1 Å². The van der Waals surface area contributed by atoms with Gasteiger partial charge in [-0.3, -0.25) is 4.79 Å². The molecule has 0 aliphatic heterocycles. The second kappa shape index (κ2) is 4.52. The van der Waals surface area contributed by atoms with E-state index < -0.39 is 0 Å². The SMILES string of the molecule is CCN[C@H](C)CNC(=O)C1C2CCCC21. The van der Waals surface area contributed by atoms with Crippen molar-refractivity contribution in [3.05, 3.63) is 0 Å². The molecule has 15 heavy (non-hydrogen) atoms. The molecular formula is C12H22N2O. The van der Waals surface area contributed by atoms with Crippen LogP contribution in [0.2, 0.25) is 0 Å². The van der Waals surface area contributed by atoms with E-state index in [1.165, 1.54) is 19.3 Å². The van der Waals surface area contributed by atoms with Crippen LogP contribution in [0.1, 0.15) is 33.1 Å². The maximum atomic E-state index is 11.8. The average Bonchev–Trinajstić information content (AvgIpc) is 2.69. The highest BCUT2D eigenvalue weighted by molar-refractivity contribution is 5.82. The number of carbonyl (C=O) groups is 1. The van der Waals surface area contributed by atoms with Gasteiger partial charge >= 0.3 is 0 Å². The minimum atomic E-state index is 0.300. The van der Waals surface area contributed by atoms with E-state index in [9.17, 15) is 4.79 Å². The summed E-state index contributed by atoms with van der Waals surface area (Å²) in [6.45, 7) is 5.93. The van der Waals surface area contributed by atoms with Crippen molar-refractivity contribution in [2.24, 2.45) is 17.8 Å². The number of carbonyl (C=O) groups excluding carboxylic acids is 1. The third-order valence-corrected chi connectivity index (χ3v) is 3.84. The lowest BCUT2D eigenvalue weighted by Gasteiger charge is -2.13. The van der Waals surface area contributed by atoms with Crippen LogP contribution in [-0.4, -0.2) is 25.0 Å². The molecule has 1 amide bonds. The Balaban J connectivity index is 1.66.